The highest BCUT2D eigenvalue weighted by Gasteiger charge is 2.45. The molecule has 6 atom stereocenters. The monoisotopic (exact) mass is 268 g/mol. The van der Waals surface area contributed by atoms with Crippen molar-refractivity contribution >= 4 is 0 Å². The first kappa shape index (κ1) is 15.3. The number of methoxy groups -OCH3 is 1. The molecule has 2 aliphatic carbocycles. The van der Waals surface area contributed by atoms with E-state index in [4.69, 9.17) is 4.74 Å². The van der Waals surface area contributed by atoms with Crippen molar-refractivity contribution in [1.82, 2.24) is 0 Å². The van der Waals surface area contributed by atoms with Crippen LogP contribution in [0.5, 0.6) is 0 Å². The second kappa shape index (κ2) is 6.13. The maximum Gasteiger partial charge on any atom is 0.0941 e. The molecule has 0 aromatic rings. The van der Waals surface area contributed by atoms with Crippen LogP contribution in [0.3, 0.4) is 0 Å². The number of aliphatic hydroxyl groups excluding tert-OH is 1. The first-order valence-corrected chi connectivity index (χ1v) is 8.21. The maximum absolute atomic E-state index is 10.9. The third kappa shape index (κ3) is 3.16. The molecule has 2 saturated carbocycles. The first-order chi connectivity index (χ1) is 8.98. The highest BCUT2D eigenvalue weighted by molar-refractivity contribution is 4.97. The highest BCUT2D eigenvalue weighted by Crippen LogP contribution is 2.44. The number of aliphatic hydroxyl groups is 1. The molecule has 2 nitrogen and oxygen atoms in total. The Balaban J connectivity index is 2.05. The van der Waals surface area contributed by atoms with Crippen molar-refractivity contribution < 1.29 is 9.84 Å². The van der Waals surface area contributed by atoms with E-state index < -0.39 is 0 Å². The van der Waals surface area contributed by atoms with Gasteiger partial charge in [0.15, 0.2) is 0 Å². The lowest BCUT2D eigenvalue weighted by molar-refractivity contribution is -0.157. The molecule has 2 heteroatoms. The van der Waals surface area contributed by atoms with Gasteiger partial charge in [-0.1, -0.05) is 40.0 Å². The second-order valence-corrected chi connectivity index (χ2v) is 7.44. The zero-order chi connectivity index (χ0) is 14.0. The molecule has 112 valence electrons. The van der Waals surface area contributed by atoms with Crippen LogP contribution in [0.4, 0.5) is 0 Å². The topological polar surface area (TPSA) is 29.5 Å². The summed E-state index contributed by atoms with van der Waals surface area (Å²) in [6.07, 6.45) is 7.89. The standard InChI is InChI=1S/C17H32O2/c1-12-6-5-9-17(11-12,19-4)16(18)15-8-7-13(2)14(3)10-15/h12-16,18H,5-11H2,1-4H3. The summed E-state index contributed by atoms with van der Waals surface area (Å²) in [4.78, 5) is 0. The Kier molecular flexibility index (Phi) is 4.94. The molecule has 0 aromatic carbocycles. The van der Waals surface area contributed by atoms with Gasteiger partial charge in [-0.25, -0.2) is 0 Å². The molecule has 2 aliphatic rings. The van der Waals surface area contributed by atoms with Crippen molar-refractivity contribution in [3.8, 4) is 0 Å². The lowest BCUT2D eigenvalue weighted by atomic mass is 9.66. The average Bonchev–Trinajstić information content (AvgIpc) is 2.41. The predicted octanol–water partition coefficient (Wildman–Crippen LogP) is 4.01. The molecule has 2 fully saturated rings. The summed E-state index contributed by atoms with van der Waals surface area (Å²) in [5.41, 5.74) is -0.261. The SMILES string of the molecule is COC1(C(O)C2CCC(C)C(C)C2)CCCC(C)C1. The highest BCUT2D eigenvalue weighted by atomic mass is 16.5. The molecular weight excluding hydrogens is 236 g/mol. The number of hydrogen-bond donors (Lipinski definition) is 1. The Bertz CT molecular complexity index is 291. The molecule has 19 heavy (non-hydrogen) atoms. The summed E-state index contributed by atoms with van der Waals surface area (Å²) in [5.74, 6) is 2.68. The van der Waals surface area contributed by atoms with E-state index in [1.54, 1.807) is 7.11 Å². The minimum Gasteiger partial charge on any atom is -0.390 e. The smallest absolute Gasteiger partial charge is 0.0941 e. The van der Waals surface area contributed by atoms with E-state index in [2.05, 4.69) is 20.8 Å². The summed E-state index contributed by atoms with van der Waals surface area (Å²) in [7, 11) is 1.80. The molecular formula is C17H32O2. The Morgan fingerprint density at radius 2 is 1.84 bits per heavy atom. The Hall–Kier alpha value is -0.0800. The summed E-state index contributed by atoms with van der Waals surface area (Å²) < 4.78 is 5.88. The Morgan fingerprint density at radius 1 is 1.11 bits per heavy atom. The molecule has 0 radical (unpaired) electrons. The van der Waals surface area contributed by atoms with Gasteiger partial charge < -0.3 is 9.84 Å². The van der Waals surface area contributed by atoms with Gasteiger partial charge in [0.1, 0.15) is 0 Å². The fraction of sp³-hybridized carbons (Fsp3) is 1.00. The van der Waals surface area contributed by atoms with Crippen LogP contribution in [0.25, 0.3) is 0 Å². The Labute approximate surface area is 118 Å². The van der Waals surface area contributed by atoms with E-state index >= 15 is 0 Å². The number of rotatable bonds is 3. The largest absolute Gasteiger partial charge is 0.390 e. The molecule has 0 saturated heterocycles. The van der Waals surface area contributed by atoms with Gasteiger partial charge in [0.05, 0.1) is 11.7 Å². The lowest BCUT2D eigenvalue weighted by Crippen LogP contribution is -2.52. The van der Waals surface area contributed by atoms with E-state index in [-0.39, 0.29) is 11.7 Å². The second-order valence-electron chi connectivity index (χ2n) is 7.44. The summed E-state index contributed by atoms with van der Waals surface area (Å²) in [6, 6.07) is 0. The van der Waals surface area contributed by atoms with Crippen LogP contribution in [0.2, 0.25) is 0 Å². The normalized spacial score (nSPS) is 45.9. The van der Waals surface area contributed by atoms with Crippen LogP contribution in [0.1, 0.15) is 65.7 Å². The van der Waals surface area contributed by atoms with Crippen LogP contribution in [-0.2, 0) is 4.74 Å². The van der Waals surface area contributed by atoms with Crippen molar-refractivity contribution in [1.29, 1.82) is 0 Å². The van der Waals surface area contributed by atoms with E-state index in [1.807, 2.05) is 0 Å². The quantitative estimate of drug-likeness (QED) is 0.838. The van der Waals surface area contributed by atoms with Gasteiger partial charge in [-0.2, -0.15) is 0 Å². The van der Waals surface area contributed by atoms with E-state index in [0.29, 0.717) is 11.8 Å². The summed E-state index contributed by atoms with van der Waals surface area (Å²) in [5, 5.41) is 10.9. The molecule has 0 spiro atoms. The van der Waals surface area contributed by atoms with Crippen LogP contribution in [0, 0.1) is 23.7 Å². The summed E-state index contributed by atoms with van der Waals surface area (Å²) >= 11 is 0. The van der Waals surface area contributed by atoms with E-state index in [1.165, 1.54) is 32.1 Å². The fourth-order valence-electron chi connectivity index (χ4n) is 4.42. The molecule has 0 bridgehead atoms. The van der Waals surface area contributed by atoms with Gasteiger partial charge in [0, 0.05) is 7.11 Å². The minimum absolute atomic E-state index is 0.261. The van der Waals surface area contributed by atoms with Gasteiger partial charge in [-0.15, -0.1) is 0 Å². The lowest BCUT2D eigenvalue weighted by Gasteiger charge is -2.47. The van der Waals surface area contributed by atoms with E-state index in [0.717, 1.165) is 24.7 Å². The zero-order valence-electron chi connectivity index (χ0n) is 13.2. The van der Waals surface area contributed by atoms with Crippen molar-refractivity contribution in [3.63, 3.8) is 0 Å². The maximum atomic E-state index is 10.9. The van der Waals surface area contributed by atoms with Crippen LogP contribution >= 0.6 is 0 Å². The number of hydrogen-bond acceptors (Lipinski definition) is 2. The van der Waals surface area contributed by atoms with Gasteiger partial charge in [0.25, 0.3) is 0 Å². The van der Waals surface area contributed by atoms with E-state index in [9.17, 15) is 5.11 Å². The average molecular weight is 268 g/mol. The van der Waals surface area contributed by atoms with Crippen LogP contribution < -0.4 is 0 Å². The molecule has 0 heterocycles. The van der Waals surface area contributed by atoms with Gasteiger partial charge in [-0.3, -0.25) is 0 Å². The van der Waals surface area contributed by atoms with Gasteiger partial charge in [0.2, 0.25) is 0 Å². The first-order valence-electron chi connectivity index (χ1n) is 8.21. The van der Waals surface area contributed by atoms with Crippen LogP contribution in [-0.4, -0.2) is 23.9 Å². The van der Waals surface area contributed by atoms with Crippen molar-refractivity contribution in [2.75, 3.05) is 7.11 Å². The van der Waals surface area contributed by atoms with Gasteiger partial charge in [-0.05, 0) is 49.4 Å². The van der Waals surface area contributed by atoms with Gasteiger partial charge >= 0.3 is 0 Å². The third-order valence-corrected chi connectivity index (χ3v) is 6.02. The number of ether oxygens (including phenoxy) is 1. The Morgan fingerprint density at radius 3 is 2.42 bits per heavy atom. The molecule has 0 amide bonds. The molecule has 6 unspecified atom stereocenters. The predicted molar refractivity (Wildman–Crippen MR) is 79.0 cm³/mol. The summed E-state index contributed by atoms with van der Waals surface area (Å²) in [6.45, 7) is 6.99. The molecule has 2 rings (SSSR count). The fourth-order valence-corrected chi connectivity index (χ4v) is 4.42. The van der Waals surface area contributed by atoms with Crippen LogP contribution in [0.15, 0.2) is 0 Å². The minimum atomic E-state index is -0.268. The van der Waals surface area contributed by atoms with Crippen molar-refractivity contribution in [2.24, 2.45) is 23.7 Å². The zero-order valence-corrected chi connectivity index (χ0v) is 13.2. The molecule has 0 aromatic heterocycles. The van der Waals surface area contributed by atoms with Crippen molar-refractivity contribution in [3.05, 3.63) is 0 Å². The molecule has 0 aliphatic heterocycles. The third-order valence-electron chi connectivity index (χ3n) is 6.02. The van der Waals surface area contributed by atoms with Crippen molar-refractivity contribution in [2.45, 2.75) is 77.4 Å². The molecule has 1 N–H and O–H groups in total.